The predicted molar refractivity (Wildman–Crippen MR) is 66.5 cm³/mol. The van der Waals surface area contributed by atoms with E-state index in [1.165, 1.54) is 0 Å². The summed E-state index contributed by atoms with van der Waals surface area (Å²) in [6.45, 7) is 0. The van der Waals surface area contributed by atoms with Crippen molar-refractivity contribution in [2.24, 2.45) is 0 Å². The van der Waals surface area contributed by atoms with Crippen molar-refractivity contribution in [3.63, 3.8) is 0 Å². The Labute approximate surface area is 97.9 Å². The SMILES string of the molecule is Clc1c[nH]c2nccc(-c3ccccc3)c12. The molecule has 0 radical (unpaired) electrons. The number of nitrogens with one attached hydrogen (secondary N) is 1. The van der Waals surface area contributed by atoms with E-state index in [1.54, 1.807) is 12.4 Å². The van der Waals surface area contributed by atoms with E-state index in [-0.39, 0.29) is 0 Å². The van der Waals surface area contributed by atoms with Gasteiger partial charge in [-0.2, -0.15) is 0 Å². The van der Waals surface area contributed by atoms with E-state index in [1.807, 2.05) is 24.3 Å². The molecule has 0 aliphatic heterocycles. The fraction of sp³-hybridized carbons (Fsp3) is 0. The van der Waals surface area contributed by atoms with Crippen LogP contribution >= 0.6 is 11.6 Å². The lowest BCUT2D eigenvalue weighted by molar-refractivity contribution is 1.33. The normalized spacial score (nSPS) is 10.8. The van der Waals surface area contributed by atoms with Gasteiger partial charge in [-0.05, 0) is 17.2 Å². The number of hydrogen-bond donors (Lipinski definition) is 1. The van der Waals surface area contributed by atoms with Gasteiger partial charge >= 0.3 is 0 Å². The molecule has 0 atom stereocenters. The zero-order chi connectivity index (χ0) is 11.0. The van der Waals surface area contributed by atoms with E-state index >= 15 is 0 Å². The van der Waals surface area contributed by atoms with E-state index in [4.69, 9.17) is 11.6 Å². The first-order valence-electron chi connectivity index (χ1n) is 5.03. The van der Waals surface area contributed by atoms with E-state index in [2.05, 4.69) is 22.1 Å². The van der Waals surface area contributed by atoms with Gasteiger partial charge in [0.2, 0.25) is 0 Å². The highest BCUT2D eigenvalue weighted by atomic mass is 35.5. The second-order valence-electron chi connectivity index (χ2n) is 3.58. The van der Waals surface area contributed by atoms with Crippen molar-refractivity contribution < 1.29 is 0 Å². The Morgan fingerprint density at radius 1 is 1.06 bits per heavy atom. The van der Waals surface area contributed by atoms with Crippen LogP contribution in [-0.4, -0.2) is 9.97 Å². The number of benzene rings is 1. The first-order valence-corrected chi connectivity index (χ1v) is 5.41. The third-order valence-electron chi connectivity index (χ3n) is 2.61. The van der Waals surface area contributed by atoms with Gasteiger partial charge in [-0.15, -0.1) is 0 Å². The molecule has 3 rings (SSSR count). The highest BCUT2D eigenvalue weighted by Gasteiger charge is 2.08. The molecule has 0 spiro atoms. The van der Waals surface area contributed by atoms with Crippen molar-refractivity contribution in [3.05, 3.63) is 53.8 Å². The molecule has 0 saturated heterocycles. The Kier molecular flexibility index (Phi) is 2.15. The molecule has 1 N–H and O–H groups in total. The van der Waals surface area contributed by atoms with Crippen LogP contribution in [0.3, 0.4) is 0 Å². The molecule has 0 bridgehead atoms. The van der Waals surface area contributed by atoms with Crippen LogP contribution in [0.1, 0.15) is 0 Å². The van der Waals surface area contributed by atoms with Gasteiger partial charge in [0.05, 0.1) is 5.02 Å². The number of nitrogens with zero attached hydrogens (tertiary/aromatic N) is 1. The lowest BCUT2D eigenvalue weighted by atomic mass is 10.0. The summed E-state index contributed by atoms with van der Waals surface area (Å²) in [5.41, 5.74) is 3.08. The summed E-state index contributed by atoms with van der Waals surface area (Å²) in [6.07, 6.45) is 3.56. The van der Waals surface area contributed by atoms with Crippen LogP contribution < -0.4 is 0 Å². The second-order valence-corrected chi connectivity index (χ2v) is 3.99. The van der Waals surface area contributed by atoms with E-state index in [0.29, 0.717) is 5.02 Å². The van der Waals surface area contributed by atoms with Gasteiger partial charge in [0, 0.05) is 17.8 Å². The van der Waals surface area contributed by atoms with Crippen LogP contribution in [0.25, 0.3) is 22.2 Å². The minimum absolute atomic E-state index is 0.710. The average molecular weight is 229 g/mol. The lowest BCUT2D eigenvalue weighted by Crippen LogP contribution is -1.81. The molecule has 0 aliphatic rings. The second kappa shape index (κ2) is 3.65. The molecule has 78 valence electrons. The molecule has 0 amide bonds. The van der Waals surface area contributed by atoms with Gasteiger partial charge in [0.25, 0.3) is 0 Å². The summed E-state index contributed by atoms with van der Waals surface area (Å²) in [6, 6.07) is 12.2. The number of aromatic amines is 1. The highest BCUT2D eigenvalue weighted by Crippen LogP contribution is 2.32. The van der Waals surface area contributed by atoms with E-state index in [9.17, 15) is 0 Å². The van der Waals surface area contributed by atoms with Gasteiger partial charge < -0.3 is 4.98 Å². The summed E-state index contributed by atoms with van der Waals surface area (Å²) in [5, 5.41) is 1.69. The van der Waals surface area contributed by atoms with Gasteiger partial charge in [0.1, 0.15) is 5.65 Å². The molecule has 1 aromatic carbocycles. The van der Waals surface area contributed by atoms with Crippen LogP contribution in [0, 0.1) is 0 Å². The number of pyridine rings is 1. The maximum atomic E-state index is 6.16. The monoisotopic (exact) mass is 228 g/mol. The van der Waals surface area contributed by atoms with Gasteiger partial charge in [-0.1, -0.05) is 41.9 Å². The molecule has 0 saturated carbocycles. The zero-order valence-electron chi connectivity index (χ0n) is 8.44. The topological polar surface area (TPSA) is 28.7 Å². The van der Waals surface area contributed by atoms with Crippen LogP contribution in [0.5, 0.6) is 0 Å². The van der Waals surface area contributed by atoms with Gasteiger partial charge in [0.15, 0.2) is 0 Å². The zero-order valence-corrected chi connectivity index (χ0v) is 9.20. The van der Waals surface area contributed by atoms with Crippen LogP contribution in [-0.2, 0) is 0 Å². The summed E-state index contributed by atoms with van der Waals surface area (Å²) >= 11 is 6.16. The molecule has 2 aromatic heterocycles. The third-order valence-corrected chi connectivity index (χ3v) is 2.91. The molecule has 16 heavy (non-hydrogen) atoms. The van der Waals surface area contributed by atoms with Crippen molar-refractivity contribution in [2.75, 3.05) is 0 Å². The summed E-state index contributed by atoms with van der Waals surface area (Å²) in [5.74, 6) is 0. The predicted octanol–water partition coefficient (Wildman–Crippen LogP) is 3.88. The largest absolute Gasteiger partial charge is 0.345 e. The number of H-pyrrole nitrogens is 1. The fourth-order valence-electron chi connectivity index (χ4n) is 1.88. The van der Waals surface area contributed by atoms with Crippen LogP contribution in [0.2, 0.25) is 5.02 Å². The van der Waals surface area contributed by atoms with Crippen LogP contribution in [0.4, 0.5) is 0 Å². The Bertz CT molecular complexity index is 629. The van der Waals surface area contributed by atoms with Crippen molar-refractivity contribution in [1.82, 2.24) is 9.97 Å². The average Bonchev–Trinajstić information content (AvgIpc) is 2.73. The van der Waals surface area contributed by atoms with Crippen molar-refractivity contribution >= 4 is 22.6 Å². The standard InChI is InChI=1S/C13H9ClN2/c14-11-8-16-13-12(11)10(6-7-15-13)9-4-2-1-3-5-9/h1-8H,(H,15,16). The van der Waals surface area contributed by atoms with Crippen molar-refractivity contribution in [3.8, 4) is 11.1 Å². The minimum atomic E-state index is 0.710. The highest BCUT2D eigenvalue weighted by molar-refractivity contribution is 6.36. The maximum absolute atomic E-state index is 6.16. The third kappa shape index (κ3) is 1.39. The molecule has 2 nitrogen and oxygen atoms in total. The molecule has 0 unspecified atom stereocenters. The van der Waals surface area contributed by atoms with E-state index < -0.39 is 0 Å². The lowest BCUT2D eigenvalue weighted by Gasteiger charge is -2.03. The smallest absolute Gasteiger partial charge is 0.139 e. The number of halogens is 1. The number of hydrogen-bond acceptors (Lipinski definition) is 1. The summed E-state index contributed by atoms with van der Waals surface area (Å²) in [7, 11) is 0. The molecule has 0 fully saturated rings. The minimum Gasteiger partial charge on any atom is -0.345 e. The fourth-order valence-corrected chi connectivity index (χ4v) is 2.12. The number of aromatic nitrogens is 2. The first kappa shape index (κ1) is 9.43. The van der Waals surface area contributed by atoms with Gasteiger partial charge in [-0.3, -0.25) is 0 Å². The van der Waals surface area contributed by atoms with E-state index in [0.717, 1.165) is 22.2 Å². The Morgan fingerprint density at radius 3 is 2.69 bits per heavy atom. The number of fused-ring (bicyclic) bond motifs is 1. The molecular formula is C13H9ClN2. The molecule has 2 heterocycles. The Hall–Kier alpha value is -1.80. The summed E-state index contributed by atoms with van der Waals surface area (Å²) in [4.78, 5) is 7.30. The molecule has 0 aliphatic carbocycles. The first-order chi connectivity index (χ1) is 7.86. The summed E-state index contributed by atoms with van der Waals surface area (Å²) < 4.78 is 0. The van der Waals surface area contributed by atoms with Crippen molar-refractivity contribution in [2.45, 2.75) is 0 Å². The molecular weight excluding hydrogens is 220 g/mol. The number of rotatable bonds is 1. The molecule has 3 aromatic rings. The maximum Gasteiger partial charge on any atom is 0.139 e. The molecule has 3 heteroatoms. The van der Waals surface area contributed by atoms with Crippen LogP contribution in [0.15, 0.2) is 48.8 Å². The van der Waals surface area contributed by atoms with Crippen molar-refractivity contribution in [1.29, 1.82) is 0 Å². The van der Waals surface area contributed by atoms with Gasteiger partial charge in [-0.25, -0.2) is 4.98 Å². The quantitative estimate of drug-likeness (QED) is 0.673. The Morgan fingerprint density at radius 2 is 1.88 bits per heavy atom. The Balaban J connectivity index is 2.36.